The summed E-state index contributed by atoms with van der Waals surface area (Å²) in [6.07, 6.45) is 12.5. The van der Waals surface area contributed by atoms with Gasteiger partial charge in [0.15, 0.2) is 0 Å². The number of hydrogen-bond acceptors (Lipinski definition) is 1. The minimum absolute atomic E-state index is 0.731. The molecule has 0 radical (unpaired) electrons. The van der Waals surface area contributed by atoms with Gasteiger partial charge in [-0.3, -0.25) is 0 Å². The summed E-state index contributed by atoms with van der Waals surface area (Å²) in [5.74, 6) is 0. The van der Waals surface area contributed by atoms with Crippen LogP contribution in [-0.4, -0.2) is 4.86 Å². The van der Waals surface area contributed by atoms with E-state index in [0.29, 0.717) is 0 Å². The van der Waals surface area contributed by atoms with Crippen molar-refractivity contribution >= 4 is 17.1 Å². The van der Waals surface area contributed by atoms with Crippen LogP contribution < -0.4 is 0 Å². The van der Waals surface area contributed by atoms with Gasteiger partial charge >= 0.3 is 0 Å². The van der Waals surface area contributed by atoms with Gasteiger partial charge in [-0.05, 0) is 46.1 Å². The van der Waals surface area contributed by atoms with E-state index >= 15 is 0 Å². The number of halogens is 1. The first-order chi connectivity index (χ1) is 12.8. The van der Waals surface area contributed by atoms with Crippen molar-refractivity contribution in [3.63, 3.8) is 0 Å². The molecule has 2 heteroatoms. The number of alkyl halides is 1. The monoisotopic (exact) mass is 390 g/mol. The van der Waals surface area contributed by atoms with Gasteiger partial charge in [-0.2, -0.15) is 0 Å². The standard InChI is InChI=1S/C12H18S.C9H11F.C2H6.C2H4/c1-4-11(2)9-7-5-6-8-10-12(3)13;1-9(2,10)8-6-4-3-5-7-8;2*1-2/h5,7-10H,4,6H2,1-3H3;3-7H,1-2H3;1-2H3;1-2H2/b7-5-,10-8+,11-9+;;;. The first-order valence-corrected chi connectivity index (χ1v) is 9.92. The summed E-state index contributed by atoms with van der Waals surface area (Å²) in [7, 11) is 0. The second-order valence-electron chi connectivity index (χ2n) is 5.88. The Labute approximate surface area is 173 Å². The maximum atomic E-state index is 13.1. The van der Waals surface area contributed by atoms with Crippen LogP contribution in [0.1, 0.15) is 66.9 Å². The highest BCUT2D eigenvalue weighted by atomic mass is 32.1. The van der Waals surface area contributed by atoms with Gasteiger partial charge in [0.1, 0.15) is 5.67 Å². The molecule has 1 rings (SSSR count). The molecule has 0 N–H and O–H groups in total. The molecular weight excluding hydrogens is 351 g/mol. The van der Waals surface area contributed by atoms with Gasteiger partial charge in [-0.25, -0.2) is 4.39 Å². The van der Waals surface area contributed by atoms with Crippen LogP contribution in [0.15, 0.2) is 79.4 Å². The SMILES string of the molecule is C=C.CC.CC(C)(F)c1ccccc1.CC/C(C)=C/C=C\C/C=C/C(C)=S. The Bertz CT molecular complexity index is 545. The predicted octanol–water partition coefficient (Wildman–Crippen LogP) is 8.95. The van der Waals surface area contributed by atoms with Crippen molar-refractivity contribution in [2.75, 3.05) is 0 Å². The average Bonchev–Trinajstić information content (AvgIpc) is 2.68. The fourth-order valence-corrected chi connectivity index (χ4v) is 1.67. The molecule has 0 fully saturated rings. The van der Waals surface area contributed by atoms with Crippen molar-refractivity contribution < 1.29 is 4.39 Å². The third-order valence-electron chi connectivity index (χ3n) is 3.16. The van der Waals surface area contributed by atoms with Crippen molar-refractivity contribution in [3.8, 4) is 0 Å². The van der Waals surface area contributed by atoms with E-state index in [-0.39, 0.29) is 0 Å². The smallest absolute Gasteiger partial charge is 0.130 e. The van der Waals surface area contributed by atoms with E-state index in [2.05, 4.69) is 51.3 Å². The van der Waals surface area contributed by atoms with Gasteiger partial charge in [0.25, 0.3) is 0 Å². The van der Waals surface area contributed by atoms with Crippen molar-refractivity contribution in [2.45, 2.75) is 67.0 Å². The predicted molar refractivity (Wildman–Crippen MR) is 128 cm³/mol. The Hall–Kier alpha value is -1.80. The van der Waals surface area contributed by atoms with E-state index in [4.69, 9.17) is 12.2 Å². The third-order valence-corrected chi connectivity index (χ3v) is 3.30. The molecule has 0 atom stereocenters. The molecule has 0 aliphatic heterocycles. The maximum absolute atomic E-state index is 13.1. The summed E-state index contributed by atoms with van der Waals surface area (Å²) >= 11 is 4.91. The summed E-state index contributed by atoms with van der Waals surface area (Å²) < 4.78 is 13.1. The molecular formula is C25H39FS. The van der Waals surface area contributed by atoms with Crippen molar-refractivity contribution in [3.05, 3.63) is 85.0 Å². The van der Waals surface area contributed by atoms with Crippen LogP contribution in [0.2, 0.25) is 0 Å². The second-order valence-corrected chi connectivity index (χ2v) is 6.53. The Kier molecular flexibility index (Phi) is 22.7. The lowest BCUT2D eigenvalue weighted by molar-refractivity contribution is 0.221. The molecule has 0 amide bonds. The largest absolute Gasteiger partial charge is 0.239 e. The molecule has 0 nitrogen and oxygen atoms in total. The molecule has 152 valence electrons. The molecule has 0 saturated carbocycles. The number of hydrogen-bond donors (Lipinski definition) is 0. The number of benzene rings is 1. The van der Waals surface area contributed by atoms with Gasteiger partial charge in [0, 0.05) is 4.86 Å². The lowest BCUT2D eigenvalue weighted by atomic mass is 10.0. The Balaban J connectivity index is -0.000000366. The molecule has 1 aromatic rings. The first-order valence-electron chi connectivity index (χ1n) is 9.51. The van der Waals surface area contributed by atoms with Crippen LogP contribution in [-0.2, 0) is 5.67 Å². The topological polar surface area (TPSA) is 0 Å². The van der Waals surface area contributed by atoms with E-state index < -0.39 is 5.67 Å². The molecule has 0 spiro atoms. The van der Waals surface area contributed by atoms with Gasteiger partial charge in [-0.15, -0.1) is 13.2 Å². The van der Waals surface area contributed by atoms with Crippen LogP contribution >= 0.6 is 12.2 Å². The zero-order valence-electron chi connectivity index (χ0n) is 18.4. The summed E-state index contributed by atoms with van der Waals surface area (Å²) in [5.41, 5.74) is 0.933. The molecule has 27 heavy (non-hydrogen) atoms. The highest BCUT2D eigenvalue weighted by molar-refractivity contribution is 7.80. The van der Waals surface area contributed by atoms with Crippen LogP contribution in [0.4, 0.5) is 4.39 Å². The minimum atomic E-state index is -1.21. The van der Waals surface area contributed by atoms with E-state index in [1.807, 2.05) is 45.0 Å². The zero-order valence-corrected chi connectivity index (χ0v) is 19.2. The minimum Gasteiger partial charge on any atom is -0.239 e. The summed E-state index contributed by atoms with van der Waals surface area (Å²) in [5, 5.41) is 0. The van der Waals surface area contributed by atoms with Crippen LogP contribution in [0.5, 0.6) is 0 Å². The Morgan fingerprint density at radius 1 is 1.07 bits per heavy atom. The molecule has 0 saturated heterocycles. The quantitative estimate of drug-likeness (QED) is 0.202. The lowest BCUT2D eigenvalue weighted by Crippen LogP contribution is -2.07. The molecule has 0 aliphatic rings. The first kappa shape index (κ1) is 29.9. The van der Waals surface area contributed by atoms with E-state index in [9.17, 15) is 4.39 Å². The number of allylic oxidation sites excluding steroid dienone is 6. The van der Waals surface area contributed by atoms with Crippen LogP contribution in [0.3, 0.4) is 0 Å². The lowest BCUT2D eigenvalue weighted by Gasteiger charge is -2.13. The van der Waals surface area contributed by atoms with Crippen LogP contribution in [0, 0.1) is 0 Å². The van der Waals surface area contributed by atoms with E-state index in [0.717, 1.165) is 23.3 Å². The fourth-order valence-electron chi connectivity index (χ4n) is 1.58. The van der Waals surface area contributed by atoms with Crippen molar-refractivity contribution in [2.24, 2.45) is 0 Å². The Morgan fingerprint density at radius 3 is 1.96 bits per heavy atom. The average molecular weight is 391 g/mol. The fraction of sp³-hybridized carbons (Fsp3) is 0.400. The molecule has 1 aromatic carbocycles. The Morgan fingerprint density at radius 2 is 1.59 bits per heavy atom. The third kappa shape index (κ3) is 22.2. The molecule has 0 unspecified atom stereocenters. The summed E-state index contributed by atoms with van der Waals surface area (Å²) in [6, 6.07) is 9.16. The highest BCUT2D eigenvalue weighted by Gasteiger charge is 2.16. The number of thiocarbonyl (C=S) groups is 1. The van der Waals surface area contributed by atoms with Gasteiger partial charge in [0.2, 0.25) is 0 Å². The zero-order chi connectivity index (χ0) is 21.7. The van der Waals surface area contributed by atoms with E-state index in [1.165, 1.54) is 5.57 Å². The van der Waals surface area contributed by atoms with Gasteiger partial charge in [0.05, 0.1) is 0 Å². The molecule has 0 aliphatic carbocycles. The summed E-state index contributed by atoms with van der Waals surface area (Å²) in [4.78, 5) is 0.939. The molecule has 0 aromatic heterocycles. The summed E-state index contributed by atoms with van der Waals surface area (Å²) in [6.45, 7) is 19.3. The highest BCUT2D eigenvalue weighted by Crippen LogP contribution is 2.23. The van der Waals surface area contributed by atoms with Gasteiger partial charge in [-0.1, -0.05) is 99.3 Å². The van der Waals surface area contributed by atoms with Crippen LogP contribution in [0.25, 0.3) is 0 Å². The van der Waals surface area contributed by atoms with Crippen molar-refractivity contribution in [1.82, 2.24) is 0 Å². The number of rotatable bonds is 6. The van der Waals surface area contributed by atoms with Gasteiger partial charge < -0.3 is 0 Å². The molecule has 0 heterocycles. The van der Waals surface area contributed by atoms with E-state index in [1.54, 1.807) is 26.0 Å². The maximum Gasteiger partial charge on any atom is 0.130 e. The van der Waals surface area contributed by atoms with Crippen molar-refractivity contribution in [1.29, 1.82) is 0 Å². The second kappa shape index (κ2) is 20.5. The molecule has 0 bridgehead atoms. The normalized spacial score (nSPS) is 10.9.